The van der Waals surface area contributed by atoms with Crippen LogP contribution in [-0.2, 0) is 0 Å². The van der Waals surface area contributed by atoms with Crippen molar-refractivity contribution in [3.8, 4) is 0 Å². The summed E-state index contributed by atoms with van der Waals surface area (Å²) in [6.45, 7) is 4.50. The molecule has 1 rings (SSSR count). The van der Waals surface area contributed by atoms with Gasteiger partial charge < -0.3 is 0 Å². The molecular formula is C13H21NS. The normalized spacial score (nSPS) is 10.9. The Hall–Kier alpha value is -0.470. The summed E-state index contributed by atoms with van der Waals surface area (Å²) in [6, 6.07) is 11.2. The highest BCUT2D eigenvalue weighted by Crippen LogP contribution is 2.16. The number of benzene rings is 1. The van der Waals surface area contributed by atoms with Gasteiger partial charge in [0.05, 0.1) is 0 Å². The van der Waals surface area contributed by atoms with Gasteiger partial charge in [-0.3, -0.25) is 4.72 Å². The van der Waals surface area contributed by atoms with Crippen LogP contribution >= 0.6 is 11.9 Å². The number of nitrogens with one attached hydrogen (secondary N) is 1. The third-order valence-corrected chi connectivity index (χ3v) is 3.32. The lowest BCUT2D eigenvalue weighted by Gasteiger charge is -2.16. The first-order valence-electron chi connectivity index (χ1n) is 5.84. The molecule has 0 amide bonds. The Morgan fingerprint density at radius 3 is 2.20 bits per heavy atom. The smallest absolute Gasteiger partial charge is 0.0228 e. The molecule has 0 aromatic heterocycles. The Kier molecular flexibility index (Phi) is 6.53. The summed E-state index contributed by atoms with van der Waals surface area (Å²) in [6.07, 6.45) is 5.06. The molecule has 1 aromatic rings. The van der Waals surface area contributed by atoms with Crippen LogP contribution < -0.4 is 4.72 Å². The van der Waals surface area contributed by atoms with Gasteiger partial charge in [0.15, 0.2) is 0 Å². The van der Waals surface area contributed by atoms with E-state index in [1.165, 1.54) is 30.6 Å². The molecule has 0 unspecified atom stereocenters. The molecule has 0 bridgehead atoms. The van der Waals surface area contributed by atoms with Crippen LogP contribution in [0.3, 0.4) is 0 Å². The lowest BCUT2D eigenvalue weighted by atomic mass is 10.1. The van der Waals surface area contributed by atoms with Crippen molar-refractivity contribution < 1.29 is 0 Å². The Morgan fingerprint density at radius 1 is 1.07 bits per heavy atom. The molecule has 0 saturated carbocycles. The zero-order chi connectivity index (χ0) is 10.9. The molecule has 15 heavy (non-hydrogen) atoms. The quantitative estimate of drug-likeness (QED) is 0.693. The fraction of sp³-hybridized carbons (Fsp3) is 0.538. The average molecular weight is 223 g/mol. The molecule has 1 nitrogen and oxygen atoms in total. The van der Waals surface area contributed by atoms with Crippen LogP contribution in [0.15, 0.2) is 35.2 Å². The predicted octanol–water partition coefficient (Wildman–Crippen LogP) is 4.25. The van der Waals surface area contributed by atoms with Gasteiger partial charge in [0.2, 0.25) is 0 Å². The summed E-state index contributed by atoms with van der Waals surface area (Å²) in [4.78, 5) is 1.30. The number of rotatable bonds is 7. The van der Waals surface area contributed by atoms with Crippen molar-refractivity contribution in [2.24, 2.45) is 0 Å². The van der Waals surface area contributed by atoms with E-state index >= 15 is 0 Å². The van der Waals surface area contributed by atoms with Gasteiger partial charge in [-0.2, -0.15) is 0 Å². The van der Waals surface area contributed by atoms with E-state index in [2.05, 4.69) is 48.9 Å². The summed E-state index contributed by atoms with van der Waals surface area (Å²) < 4.78 is 3.55. The molecule has 1 N–H and O–H groups in total. The van der Waals surface area contributed by atoms with Gasteiger partial charge in [0.25, 0.3) is 0 Å². The number of hydrogen-bond donors (Lipinski definition) is 1. The van der Waals surface area contributed by atoms with E-state index in [1.54, 1.807) is 11.9 Å². The first-order chi connectivity index (χ1) is 7.36. The molecule has 0 atom stereocenters. The van der Waals surface area contributed by atoms with Crippen LogP contribution in [0.5, 0.6) is 0 Å². The molecule has 1 aromatic carbocycles. The van der Waals surface area contributed by atoms with Crippen molar-refractivity contribution in [3.05, 3.63) is 30.3 Å². The molecule has 0 fully saturated rings. The maximum absolute atomic E-state index is 3.55. The first-order valence-corrected chi connectivity index (χ1v) is 6.65. The van der Waals surface area contributed by atoms with Gasteiger partial charge >= 0.3 is 0 Å². The van der Waals surface area contributed by atoms with Crippen LogP contribution in [0, 0.1) is 0 Å². The summed E-state index contributed by atoms with van der Waals surface area (Å²) in [5, 5.41) is 0. The highest BCUT2D eigenvalue weighted by molar-refractivity contribution is 7.97. The maximum Gasteiger partial charge on any atom is 0.0228 e. The minimum absolute atomic E-state index is 0.658. The average Bonchev–Trinajstić information content (AvgIpc) is 2.28. The third kappa shape index (κ3) is 5.24. The molecule has 0 heterocycles. The minimum atomic E-state index is 0.658. The van der Waals surface area contributed by atoms with E-state index in [9.17, 15) is 0 Å². The summed E-state index contributed by atoms with van der Waals surface area (Å²) >= 11 is 1.76. The predicted molar refractivity (Wildman–Crippen MR) is 69.0 cm³/mol. The van der Waals surface area contributed by atoms with Gasteiger partial charge in [0.1, 0.15) is 0 Å². The van der Waals surface area contributed by atoms with Crippen LogP contribution in [0.1, 0.15) is 39.5 Å². The molecule has 0 saturated heterocycles. The molecule has 0 radical (unpaired) electrons. The van der Waals surface area contributed by atoms with Crippen molar-refractivity contribution in [2.45, 2.75) is 50.5 Å². The van der Waals surface area contributed by atoms with Crippen LogP contribution in [0.25, 0.3) is 0 Å². The van der Waals surface area contributed by atoms with Gasteiger partial charge in [-0.15, -0.1) is 0 Å². The van der Waals surface area contributed by atoms with Crippen molar-refractivity contribution in [1.29, 1.82) is 0 Å². The minimum Gasteiger partial charge on any atom is -0.257 e. The Morgan fingerprint density at radius 2 is 1.67 bits per heavy atom. The SMILES string of the molecule is CCCC(CCC)NSc1ccccc1. The van der Waals surface area contributed by atoms with Gasteiger partial charge in [-0.05, 0) is 36.9 Å². The Balaban J connectivity index is 2.33. The van der Waals surface area contributed by atoms with E-state index in [4.69, 9.17) is 0 Å². The summed E-state index contributed by atoms with van der Waals surface area (Å²) in [5.41, 5.74) is 0. The number of hydrogen-bond acceptors (Lipinski definition) is 2. The second kappa shape index (κ2) is 7.77. The molecule has 84 valence electrons. The van der Waals surface area contributed by atoms with Crippen LogP contribution in [-0.4, -0.2) is 6.04 Å². The van der Waals surface area contributed by atoms with E-state index in [0.717, 1.165) is 0 Å². The molecule has 2 heteroatoms. The molecule has 0 spiro atoms. The van der Waals surface area contributed by atoms with E-state index in [1.807, 2.05) is 0 Å². The van der Waals surface area contributed by atoms with Crippen LogP contribution in [0.2, 0.25) is 0 Å². The zero-order valence-corrected chi connectivity index (χ0v) is 10.5. The van der Waals surface area contributed by atoms with Gasteiger partial charge in [-0.1, -0.05) is 44.9 Å². The van der Waals surface area contributed by atoms with Crippen LogP contribution in [0.4, 0.5) is 0 Å². The summed E-state index contributed by atoms with van der Waals surface area (Å²) in [7, 11) is 0. The van der Waals surface area contributed by atoms with E-state index in [0.29, 0.717) is 6.04 Å². The van der Waals surface area contributed by atoms with Gasteiger partial charge in [-0.25, -0.2) is 0 Å². The monoisotopic (exact) mass is 223 g/mol. The first kappa shape index (κ1) is 12.6. The maximum atomic E-state index is 3.55. The topological polar surface area (TPSA) is 12.0 Å². The van der Waals surface area contributed by atoms with Crippen molar-refractivity contribution in [3.63, 3.8) is 0 Å². The highest BCUT2D eigenvalue weighted by atomic mass is 32.2. The molecular weight excluding hydrogens is 202 g/mol. The van der Waals surface area contributed by atoms with Crippen molar-refractivity contribution in [2.75, 3.05) is 0 Å². The Bertz CT molecular complexity index is 242. The fourth-order valence-corrected chi connectivity index (χ4v) is 2.43. The summed E-state index contributed by atoms with van der Waals surface area (Å²) in [5.74, 6) is 0. The second-order valence-electron chi connectivity index (χ2n) is 3.81. The molecule has 0 aliphatic carbocycles. The zero-order valence-electron chi connectivity index (χ0n) is 9.70. The molecule has 0 aliphatic rings. The lowest BCUT2D eigenvalue weighted by molar-refractivity contribution is 0.525. The fourth-order valence-electron chi connectivity index (χ4n) is 1.60. The highest BCUT2D eigenvalue weighted by Gasteiger charge is 2.05. The lowest BCUT2D eigenvalue weighted by Crippen LogP contribution is -2.22. The van der Waals surface area contributed by atoms with E-state index < -0.39 is 0 Å². The standard InChI is InChI=1S/C13H21NS/c1-3-8-12(9-4-2)14-15-13-10-6-5-7-11-13/h5-7,10-12,14H,3-4,8-9H2,1-2H3. The Labute approximate surface area is 97.8 Å². The third-order valence-electron chi connectivity index (χ3n) is 2.36. The second-order valence-corrected chi connectivity index (χ2v) is 4.72. The van der Waals surface area contributed by atoms with Crippen molar-refractivity contribution in [1.82, 2.24) is 4.72 Å². The molecule has 0 aliphatic heterocycles. The van der Waals surface area contributed by atoms with Crippen molar-refractivity contribution >= 4 is 11.9 Å². The van der Waals surface area contributed by atoms with Gasteiger partial charge in [0, 0.05) is 10.9 Å². The van der Waals surface area contributed by atoms with E-state index in [-0.39, 0.29) is 0 Å². The largest absolute Gasteiger partial charge is 0.257 e.